The second-order valence-electron chi connectivity index (χ2n) is 10.6. The molecule has 0 aliphatic carbocycles. The zero-order chi connectivity index (χ0) is 28.0. The van der Waals surface area contributed by atoms with Gasteiger partial charge in [-0.3, -0.25) is 10.2 Å². The second kappa shape index (κ2) is 12.4. The summed E-state index contributed by atoms with van der Waals surface area (Å²) in [5.74, 6) is -0.290. The van der Waals surface area contributed by atoms with Crippen molar-refractivity contribution < 1.29 is 24.4 Å². The molecule has 8 heteroatoms. The van der Waals surface area contributed by atoms with Gasteiger partial charge >= 0.3 is 7.48 Å². The summed E-state index contributed by atoms with van der Waals surface area (Å²) in [4.78, 5) is 12.6. The summed E-state index contributed by atoms with van der Waals surface area (Å²) in [6, 6.07) is 13.4. The number of hydrogen-bond acceptors (Lipinski definition) is 6. The van der Waals surface area contributed by atoms with Crippen molar-refractivity contribution in [2.24, 2.45) is 0 Å². The van der Waals surface area contributed by atoms with Crippen LogP contribution in [-0.2, 0) is 16.1 Å². The topological polar surface area (TPSA) is 112 Å². The van der Waals surface area contributed by atoms with Crippen LogP contribution in [0.4, 0.5) is 0 Å². The van der Waals surface area contributed by atoms with Crippen LogP contribution in [0.2, 0.25) is 0 Å². The number of carbonyl (C=O) groups is 1. The molecule has 0 spiro atoms. The number of carbonyl (C=O) groups excluding carboxylic acids is 1. The van der Waals surface area contributed by atoms with Gasteiger partial charge in [-0.25, -0.2) is 0 Å². The van der Waals surface area contributed by atoms with Gasteiger partial charge in [0, 0.05) is 12.0 Å². The van der Waals surface area contributed by atoms with E-state index < -0.39 is 22.8 Å². The molecular weight excluding hydrogens is 467 g/mol. The van der Waals surface area contributed by atoms with Gasteiger partial charge in [0.2, 0.25) is 0 Å². The van der Waals surface area contributed by atoms with E-state index in [-0.39, 0.29) is 31.2 Å². The van der Waals surface area contributed by atoms with Gasteiger partial charge in [-0.15, -0.1) is 0 Å². The zero-order valence-electron chi connectivity index (χ0n) is 23.4. The lowest BCUT2D eigenvalue weighted by Crippen LogP contribution is -2.48. The van der Waals surface area contributed by atoms with Crippen molar-refractivity contribution in [3.63, 3.8) is 0 Å². The molecule has 2 aromatic carbocycles. The summed E-state index contributed by atoms with van der Waals surface area (Å²) in [6.45, 7) is 15.2. The Bertz CT molecular complexity index is 1130. The highest BCUT2D eigenvalue weighted by atomic mass is 16.5. The van der Waals surface area contributed by atoms with Crippen molar-refractivity contribution in [1.29, 1.82) is 5.41 Å². The van der Waals surface area contributed by atoms with E-state index in [1.54, 1.807) is 34.6 Å². The molecule has 4 N–H and O–H groups in total. The van der Waals surface area contributed by atoms with Gasteiger partial charge in [-0.1, -0.05) is 44.2 Å². The van der Waals surface area contributed by atoms with E-state index >= 15 is 0 Å². The molecule has 0 aliphatic rings. The summed E-state index contributed by atoms with van der Waals surface area (Å²) in [6.07, 6.45) is 0. The quantitative estimate of drug-likeness (QED) is 0.183. The van der Waals surface area contributed by atoms with Gasteiger partial charge in [0.25, 0.3) is 5.91 Å². The minimum absolute atomic E-state index is 0.00592. The molecule has 7 nitrogen and oxygen atoms in total. The van der Waals surface area contributed by atoms with Crippen LogP contribution in [0.5, 0.6) is 5.75 Å². The third-order valence-corrected chi connectivity index (χ3v) is 6.69. The molecule has 0 heterocycles. The van der Waals surface area contributed by atoms with Crippen LogP contribution >= 0.6 is 0 Å². The summed E-state index contributed by atoms with van der Waals surface area (Å²) in [5.41, 5.74) is 0.720. The van der Waals surface area contributed by atoms with Crippen molar-refractivity contribution in [2.75, 3.05) is 6.54 Å². The van der Waals surface area contributed by atoms with E-state index in [0.29, 0.717) is 17.9 Å². The molecule has 0 fully saturated rings. The Hall–Kier alpha value is -3.10. The Labute approximate surface area is 221 Å². The molecule has 2 rings (SSSR count). The predicted molar refractivity (Wildman–Crippen MR) is 151 cm³/mol. The van der Waals surface area contributed by atoms with Gasteiger partial charge in [-0.05, 0) is 76.3 Å². The third kappa shape index (κ3) is 7.70. The summed E-state index contributed by atoms with van der Waals surface area (Å²) in [7, 11) is -0.262. The van der Waals surface area contributed by atoms with Crippen LogP contribution in [0.25, 0.3) is 5.76 Å². The van der Waals surface area contributed by atoms with Crippen LogP contribution in [0.15, 0.2) is 47.9 Å². The Morgan fingerprint density at radius 1 is 1.14 bits per heavy atom. The maximum absolute atomic E-state index is 12.6. The summed E-state index contributed by atoms with van der Waals surface area (Å²) < 4.78 is 12.1. The molecular formula is C29H41BN2O5. The Kier molecular flexibility index (Phi) is 10.1. The van der Waals surface area contributed by atoms with Crippen molar-refractivity contribution >= 4 is 24.9 Å². The molecule has 0 radical (unpaired) electrons. The Morgan fingerprint density at radius 2 is 1.76 bits per heavy atom. The maximum atomic E-state index is 12.6. The number of aliphatic hydroxyl groups excluding tert-OH is 1. The largest absolute Gasteiger partial charge is 0.508 e. The highest BCUT2D eigenvalue weighted by Gasteiger charge is 2.37. The number of rotatable bonds is 12. The normalized spacial score (nSPS) is 12.7. The first-order valence-corrected chi connectivity index (χ1v) is 12.7. The van der Waals surface area contributed by atoms with Crippen molar-refractivity contribution in [3.8, 4) is 5.75 Å². The van der Waals surface area contributed by atoms with Crippen LogP contribution in [-0.4, -0.2) is 47.1 Å². The first-order valence-electron chi connectivity index (χ1n) is 12.7. The number of benzene rings is 2. The smallest absolute Gasteiger partial charge is 0.315 e. The fourth-order valence-corrected chi connectivity index (χ4v) is 3.60. The molecule has 0 atom stereocenters. The second-order valence-corrected chi connectivity index (χ2v) is 10.6. The molecule has 2 aromatic rings. The van der Waals surface area contributed by atoms with Crippen LogP contribution < -0.4 is 10.1 Å². The molecule has 0 aromatic heterocycles. The fourth-order valence-electron chi connectivity index (χ4n) is 3.60. The predicted octanol–water partition coefficient (Wildman–Crippen LogP) is 5.00. The van der Waals surface area contributed by atoms with Crippen molar-refractivity contribution in [3.05, 3.63) is 70.2 Å². The molecule has 0 saturated heterocycles. The highest BCUT2D eigenvalue weighted by Crippen LogP contribution is 2.34. The monoisotopic (exact) mass is 508 g/mol. The number of ether oxygens (including phenoxy) is 1. The van der Waals surface area contributed by atoms with Crippen LogP contribution in [0.1, 0.15) is 76.6 Å². The molecule has 0 bridgehead atoms. The lowest BCUT2D eigenvalue weighted by atomic mass is 9.77. The standard InChI is InChI=1S/C29H41BN2O5/c1-9-32-27(34)25(31)24(30-37-29(7,8)28(5,6)35)26(33)22-16-21(18(2)3)19(4)15-23(22)36-17-20-13-11-10-12-14-20/h10-16,18,30-31,33,35H,9,17H2,1-8H3,(H,32,34)/b26-24+,31-25?. The lowest BCUT2D eigenvalue weighted by molar-refractivity contribution is -0.114. The Morgan fingerprint density at radius 3 is 2.30 bits per heavy atom. The molecule has 0 aliphatic heterocycles. The molecule has 200 valence electrons. The van der Waals surface area contributed by atoms with Gasteiger partial charge in [0.15, 0.2) is 0 Å². The van der Waals surface area contributed by atoms with E-state index in [4.69, 9.17) is 14.8 Å². The number of amides is 1. The SMILES string of the molecule is CCNC(=O)C(=N)/C(BOC(C)(C)C(C)(C)O)=C(\O)c1cc(C(C)C)c(C)cc1OCc1ccccc1. The average molecular weight is 508 g/mol. The zero-order valence-corrected chi connectivity index (χ0v) is 23.4. The first kappa shape index (κ1) is 30.1. The third-order valence-electron chi connectivity index (χ3n) is 6.69. The summed E-state index contributed by atoms with van der Waals surface area (Å²) >= 11 is 0. The Balaban J connectivity index is 2.65. The van der Waals surface area contributed by atoms with Crippen molar-refractivity contribution in [1.82, 2.24) is 5.32 Å². The lowest BCUT2D eigenvalue weighted by Gasteiger charge is -2.37. The van der Waals surface area contributed by atoms with E-state index in [9.17, 15) is 15.0 Å². The molecule has 0 unspecified atom stereocenters. The fraction of sp³-hybridized carbons (Fsp3) is 0.448. The number of hydrogen-bond donors (Lipinski definition) is 4. The summed E-state index contributed by atoms with van der Waals surface area (Å²) in [5, 5.41) is 33.3. The minimum atomic E-state index is -1.21. The number of aliphatic hydroxyl groups is 2. The van der Waals surface area contributed by atoms with Gasteiger partial charge < -0.3 is 24.9 Å². The maximum Gasteiger partial charge on any atom is 0.315 e. The number of aryl methyl sites for hydroxylation is 1. The molecule has 37 heavy (non-hydrogen) atoms. The first-order chi connectivity index (χ1) is 17.2. The highest BCUT2D eigenvalue weighted by molar-refractivity contribution is 6.63. The molecule has 0 saturated carbocycles. The van der Waals surface area contributed by atoms with Crippen molar-refractivity contribution in [2.45, 2.75) is 79.1 Å². The van der Waals surface area contributed by atoms with E-state index in [1.807, 2.05) is 49.4 Å². The number of nitrogens with one attached hydrogen (secondary N) is 2. The van der Waals surface area contributed by atoms with Crippen LogP contribution in [0, 0.1) is 12.3 Å². The van der Waals surface area contributed by atoms with Gasteiger partial charge in [0.1, 0.15) is 23.8 Å². The molecule has 1 amide bonds. The van der Waals surface area contributed by atoms with E-state index in [1.165, 1.54) is 0 Å². The van der Waals surface area contributed by atoms with Gasteiger partial charge in [0.05, 0.1) is 16.8 Å². The van der Waals surface area contributed by atoms with Gasteiger partial charge in [-0.2, -0.15) is 0 Å². The minimum Gasteiger partial charge on any atom is -0.508 e. The van der Waals surface area contributed by atoms with E-state index in [2.05, 4.69) is 19.2 Å². The van der Waals surface area contributed by atoms with Crippen LogP contribution in [0.3, 0.4) is 0 Å². The average Bonchev–Trinajstić information content (AvgIpc) is 2.82. The van der Waals surface area contributed by atoms with E-state index in [0.717, 1.165) is 16.7 Å².